The third-order valence-electron chi connectivity index (χ3n) is 5.13. The van der Waals surface area contributed by atoms with Crippen LogP contribution in [0.5, 0.6) is 11.5 Å². The average Bonchev–Trinajstić information content (AvgIpc) is 2.81. The highest BCUT2D eigenvalue weighted by Crippen LogP contribution is 2.24. The van der Waals surface area contributed by atoms with E-state index in [2.05, 4.69) is 16.4 Å². The van der Waals surface area contributed by atoms with Crippen molar-refractivity contribution in [2.45, 2.75) is 19.3 Å². The van der Waals surface area contributed by atoms with E-state index in [1.807, 2.05) is 71.3 Å². The van der Waals surface area contributed by atoms with Gasteiger partial charge in [0.2, 0.25) is 5.91 Å². The minimum absolute atomic E-state index is 0.263. The number of hydrogen-bond acceptors (Lipinski definition) is 5. The SMILES string of the molecule is O=C(CCc1ccc(Oc2ccc(NC3=NCCC=C3)cc2)cc1)N1CCSCC1. The lowest BCUT2D eigenvalue weighted by Gasteiger charge is -2.26. The van der Waals surface area contributed by atoms with Crippen LogP contribution in [-0.4, -0.2) is 47.8 Å². The van der Waals surface area contributed by atoms with Gasteiger partial charge >= 0.3 is 0 Å². The minimum atomic E-state index is 0.263. The molecule has 0 aliphatic carbocycles. The van der Waals surface area contributed by atoms with Crippen molar-refractivity contribution in [1.82, 2.24) is 4.90 Å². The van der Waals surface area contributed by atoms with Crippen molar-refractivity contribution < 1.29 is 9.53 Å². The molecule has 0 radical (unpaired) electrons. The first-order chi connectivity index (χ1) is 14.8. The number of ether oxygens (including phenoxy) is 1. The lowest BCUT2D eigenvalue weighted by molar-refractivity contribution is -0.130. The molecule has 156 valence electrons. The highest BCUT2D eigenvalue weighted by molar-refractivity contribution is 7.99. The molecule has 2 aliphatic heterocycles. The Hall–Kier alpha value is -2.73. The second-order valence-corrected chi connectivity index (χ2v) is 8.57. The molecule has 30 heavy (non-hydrogen) atoms. The molecule has 2 aromatic carbocycles. The fourth-order valence-corrected chi connectivity index (χ4v) is 4.33. The molecule has 0 spiro atoms. The maximum absolute atomic E-state index is 12.3. The average molecular weight is 422 g/mol. The number of amides is 1. The summed E-state index contributed by atoms with van der Waals surface area (Å²) < 4.78 is 5.95. The molecule has 0 bridgehead atoms. The molecule has 2 heterocycles. The molecule has 6 heteroatoms. The van der Waals surface area contributed by atoms with Crippen molar-refractivity contribution in [3.05, 3.63) is 66.2 Å². The van der Waals surface area contributed by atoms with E-state index in [4.69, 9.17) is 4.74 Å². The van der Waals surface area contributed by atoms with Crippen LogP contribution in [0.2, 0.25) is 0 Å². The Morgan fingerprint density at radius 3 is 2.40 bits per heavy atom. The molecule has 5 nitrogen and oxygen atoms in total. The first-order valence-corrected chi connectivity index (χ1v) is 11.6. The van der Waals surface area contributed by atoms with E-state index < -0.39 is 0 Å². The number of aliphatic imine (C=N–C) groups is 1. The lowest BCUT2D eigenvalue weighted by Crippen LogP contribution is -2.37. The van der Waals surface area contributed by atoms with Gasteiger partial charge in [-0.05, 0) is 60.9 Å². The number of aryl methyl sites for hydroxylation is 1. The summed E-state index contributed by atoms with van der Waals surface area (Å²) in [5.74, 6) is 4.84. The monoisotopic (exact) mass is 421 g/mol. The third kappa shape index (κ3) is 5.89. The molecule has 1 amide bonds. The van der Waals surface area contributed by atoms with Crippen molar-refractivity contribution in [2.75, 3.05) is 36.5 Å². The number of anilines is 1. The number of benzene rings is 2. The van der Waals surface area contributed by atoms with E-state index in [-0.39, 0.29) is 5.91 Å². The van der Waals surface area contributed by atoms with Crippen molar-refractivity contribution in [2.24, 2.45) is 4.99 Å². The summed E-state index contributed by atoms with van der Waals surface area (Å²) in [6.45, 7) is 2.60. The first-order valence-electron chi connectivity index (χ1n) is 10.5. The molecular weight excluding hydrogens is 394 g/mol. The van der Waals surface area contributed by atoms with Crippen molar-refractivity contribution in [3.8, 4) is 11.5 Å². The number of amidine groups is 1. The van der Waals surface area contributed by atoms with E-state index in [1.165, 1.54) is 0 Å². The molecule has 2 aliphatic rings. The van der Waals surface area contributed by atoms with Gasteiger partial charge in [-0.25, -0.2) is 0 Å². The van der Waals surface area contributed by atoms with Crippen LogP contribution in [0.4, 0.5) is 5.69 Å². The summed E-state index contributed by atoms with van der Waals surface area (Å²) in [5.41, 5.74) is 2.14. The Morgan fingerprint density at radius 1 is 1.03 bits per heavy atom. The topological polar surface area (TPSA) is 53.9 Å². The van der Waals surface area contributed by atoms with E-state index in [0.717, 1.165) is 72.6 Å². The maximum Gasteiger partial charge on any atom is 0.222 e. The Morgan fingerprint density at radius 2 is 1.73 bits per heavy atom. The normalized spacial score (nSPS) is 16.1. The second-order valence-electron chi connectivity index (χ2n) is 7.35. The minimum Gasteiger partial charge on any atom is -0.457 e. The highest BCUT2D eigenvalue weighted by Gasteiger charge is 2.16. The number of hydrogen-bond donors (Lipinski definition) is 1. The van der Waals surface area contributed by atoms with Crippen LogP contribution >= 0.6 is 11.8 Å². The van der Waals surface area contributed by atoms with Crippen LogP contribution in [0.25, 0.3) is 0 Å². The van der Waals surface area contributed by atoms with E-state index >= 15 is 0 Å². The molecule has 0 unspecified atom stereocenters. The fourth-order valence-electron chi connectivity index (χ4n) is 3.42. The lowest BCUT2D eigenvalue weighted by atomic mass is 10.1. The molecule has 0 atom stereocenters. The van der Waals surface area contributed by atoms with Gasteiger partial charge in [-0.15, -0.1) is 0 Å². The van der Waals surface area contributed by atoms with Crippen molar-refractivity contribution in [1.29, 1.82) is 0 Å². The molecule has 1 fully saturated rings. The molecular formula is C24H27N3O2S. The number of nitrogens with one attached hydrogen (secondary N) is 1. The number of thioether (sulfide) groups is 1. The Kier molecular flexibility index (Phi) is 7.08. The summed E-state index contributed by atoms with van der Waals surface area (Å²) in [4.78, 5) is 18.7. The van der Waals surface area contributed by atoms with Gasteiger partial charge in [-0.1, -0.05) is 18.2 Å². The zero-order valence-electron chi connectivity index (χ0n) is 17.0. The van der Waals surface area contributed by atoms with E-state index in [0.29, 0.717) is 6.42 Å². The molecule has 1 saturated heterocycles. The van der Waals surface area contributed by atoms with Crippen LogP contribution in [0.3, 0.4) is 0 Å². The summed E-state index contributed by atoms with van der Waals surface area (Å²) in [6, 6.07) is 15.9. The van der Waals surface area contributed by atoms with Crippen molar-refractivity contribution in [3.63, 3.8) is 0 Å². The van der Waals surface area contributed by atoms with Gasteiger partial charge in [0.05, 0.1) is 0 Å². The van der Waals surface area contributed by atoms with Crippen LogP contribution in [0.1, 0.15) is 18.4 Å². The van der Waals surface area contributed by atoms with Gasteiger partial charge in [0.15, 0.2) is 0 Å². The first kappa shape index (κ1) is 20.5. The molecule has 1 N–H and O–H groups in total. The van der Waals surface area contributed by atoms with Gasteiger partial charge in [-0.2, -0.15) is 11.8 Å². The standard InChI is InChI=1S/C24H27N3O2S/c28-24(27-15-17-30-18-16-27)13-6-19-4-9-21(10-5-19)29-22-11-7-20(8-12-22)26-23-3-1-2-14-25-23/h1,3-5,7-12H,2,6,13-18H2,(H,25,26). The highest BCUT2D eigenvalue weighted by atomic mass is 32.2. The zero-order valence-corrected chi connectivity index (χ0v) is 17.9. The Labute approximate surface area is 182 Å². The third-order valence-corrected chi connectivity index (χ3v) is 6.07. The zero-order chi connectivity index (χ0) is 20.6. The summed E-state index contributed by atoms with van der Waals surface area (Å²) in [7, 11) is 0. The van der Waals surface area contributed by atoms with Crippen LogP contribution < -0.4 is 10.1 Å². The Bertz CT molecular complexity index is 901. The predicted molar refractivity (Wildman–Crippen MR) is 125 cm³/mol. The van der Waals surface area contributed by atoms with Gasteiger partial charge < -0.3 is 15.0 Å². The van der Waals surface area contributed by atoms with Crippen LogP contribution in [0, 0.1) is 0 Å². The maximum atomic E-state index is 12.3. The quantitative estimate of drug-likeness (QED) is 0.731. The second kappa shape index (κ2) is 10.3. The summed E-state index contributed by atoms with van der Waals surface area (Å²) in [6.07, 6.45) is 6.47. The number of nitrogens with zero attached hydrogens (tertiary/aromatic N) is 2. The molecule has 0 saturated carbocycles. The molecule has 2 aromatic rings. The van der Waals surface area contributed by atoms with Gasteiger partial charge in [0.25, 0.3) is 0 Å². The number of rotatable bonds is 6. The largest absolute Gasteiger partial charge is 0.457 e. The summed E-state index contributed by atoms with van der Waals surface area (Å²) in [5, 5.41) is 3.30. The molecule has 4 rings (SSSR count). The number of carbonyl (C=O) groups is 1. The van der Waals surface area contributed by atoms with Crippen LogP contribution in [0.15, 0.2) is 65.7 Å². The fraction of sp³-hybridized carbons (Fsp3) is 0.333. The molecule has 0 aromatic heterocycles. The predicted octanol–water partition coefficient (Wildman–Crippen LogP) is 4.76. The van der Waals surface area contributed by atoms with Crippen molar-refractivity contribution >= 4 is 29.2 Å². The van der Waals surface area contributed by atoms with Gasteiger partial charge in [0.1, 0.15) is 17.3 Å². The Balaban J connectivity index is 1.26. The number of carbonyl (C=O) groups excluding carboxylic acids is 1. The smallest absolute Gasteiger partial charge is 0.222 e. The summed E-state index contributed by atoms with van der Waals surface area (Å²) >= 11 is 1.92. The van der Waals surface area contributed by atoms with E-state index in [1.54, 1.807) is 0 Å². The van der Waals surface area contributed by atoms with Gasteiger partial charge in [0, 0.05) is 43.2 Å². The van der Waals surface area contributed by atoms with Gasteiger partial charge in [-0.3, -0.25) is 9.79 Å². The number of dihydropyridines is 1. The van der Waals surface area contributed by atoms with E-state index in [9.17, 15) is 4.79 Å². The van der Waals surface area contributed by atoms with Crippen LogP contribution in [-0.2, 0) is 11.2 Å².